The molecule has 0 radical (unpaired) electrons. The van der Waals surface area contributed by atoms with Crippen LogP contribution in [0.5, 0.6) is 23.0 Å². The number of hydrogen-bond acceptors (Lipinski definition) is 12. The van der Waals surface area contributed by atoms with E-state index in [1.54, 1.807) is 0 Å². The molecule has 39 heavy (non-hydrogen) atoms. The molecule has 1 saturated heterocycles. The number of unbranched alkanes of at least 4 members (excludes halogenated alkanes) is 1. The minimum absolute atomic E-state index is 0.0338. The molecule has 216 valence electrons. The summed E-state index contributed by atoms with van der Waals surface area (Å²) in [4.78, 5) is 12.9. The van der Waals surface area contributed by atoms with Gasteiger partial charge in [0.25, 0.3) is 0 Å². The molecule has 12 heteroatoms. The predicted molar refractivity (Wildman–Crippen MR) is 135 cm³/mol. The Morgan fingerprint density at radius 2 is 1.59 bits per heavy atom. The van der Waals surface area contributed by atoms with E-state index >= 15 is 0 Å². The summed E-state index contributed by atoms with van der Waals surface area (Å²) in [6.45, 7) is 1.55. The van der Waals surface area contributed by atoms with E-state index in [2.05, 4.69) is 0 Å². The average Bonchev–Trinajstić information content (AvgIpc) is 2.92. The SMILES string of the molecule is CCCCO[C@@H](c1ccc(O)c(O)c1)[C@@H](CCC(=O)c1ccc(O)c(O)c1)O[C@@H]1O[C@H](CO)[C@@H](O)[C@H](O)[C@H]1O. The van der Waals surface area contributed by atoms with Gasteiger partial charge >= 0.3 is 0 Å². The topological polar surface area (TPSA) is 207 Å². The van der Waals surface area contributed by atoms with Gasteiger partial charge in [-0.15, -0.1) is 0 Å². The number of aromatic hydroxyl groups is 4. The van der Waals surface area contributed by atoms with E-state index in [9.17, 15) is 45.6 Å². The molecule has 8 N–H and O–H groups in total. The number of rotatable bonds is 13. The molecule has 2 aromatic carbocycles. The quantitative estimate of drug-likeness (QED) is 0.100. The number of phenolic OH excluding ortho intramolecular Hbond substituents is 4. The van der Waals surface area contributed by atoms with Gasteiger partial charge in [-0.25, -0.2) is 0 Å². The largest absolute Gasteiger partial charge is 0.504 e. The Morgan fingerprint density at radius 1 is 0.923 bits per heavy atom. The first-order valence-electron chi connectivity index (χ1n) is 12.7. The van der Waals surface area contributed by atoms with Gasteiger partial charge in [-0.1, -0.05) is 19.4 Å². The summed E-state index contributed by atoms with van der Waals surface area (Å²) >= 11 is 0. The maximum atomic E-state index is 12.9. The maximum Gasteiger partial charge on any atom is 0.187 e. The van der Waals surface area contributed by atoms with Crippen molar-refractivity contribution in [3.63, 3.8) is 0 Å². The van der Waals surface area contributed by atoms with E-state index in [-0.39, 0.29) is 36.5 Å². The number of hydrogen-bond donors (Lipinski definition) is 8. The Kier molecular flexibility index (Phi) is 10.9. The van der Waals surface area contributed by atoms with Crippen LogP contribution in [0.1, 0.15) is 54.6 Å². The molecule has 0 amide bonds. The lowest BCUT2D eigenvalue weighted by Gasteiger charge is -2.42. The lowest BCUT2D eigenvalue weighted by molar-refractivity contribution is -0.319. The third-order valence-electron chi connectivity index (χ3n) is 6.57. The van der Waals surface area contributed by atoms with Gasteiger partial charge in [-0.05, 0) is 48.7 Å². The summed E-state index contributed by atoms with van der Waals surface area (Å²) in [5, 5.41) is 79.7. The number of ketones is 1. The Balaban J connectivity index is 1.92. The average molecular weight is 553 g/mol. The van der Waals surface area contributed by atoms with Gasteiger partial charge in [-0.2, -0.15) is 0 Å². The smallest absolute Gasteiger partial charge is 0.187 e. The summed E-state index contributed by atoms with van der Waals surface area (Å²) < 4.78 is 17.6. The van der Waals surface area contributed by atoms with Crippen molar-refractivity contribution >= 4 is 5.78 Å². The molecule has 1 heterocycles. The number of phenols is 4. The second-order valence-electron chi connectivity index (χ2n) is 9.43. The number of carbonyl (C=O) groups excluding carboxylic acids is 1. The highest BCUT2D eigenvalue weighted by Gasteiger charge is 2.45. The fraction of sp³-hybridized carbons (Fsp3) is 0.519. The molecule has 1 aliphatic rings. The molecular formula is C27H36O12. The second kappa shape index (κ2) is 13.9. The van der Waals surface area contributed by atoms with Crippen LogP contribution in [0.25, 0.3) is 0 Å². The van der Waals surface area contributed by atoms with Crippen molar-refractivity contribution in [2.75, 3.05) is 13.2 Å². The van der Waals surface area contributed by atoms with E-state index in [0.717, 1.165) is 12.5 Å². The van der Waals surface area contributed by atoms with Crippen molar-refractivity contribution in [1.29, 1.82) is 0 Å². The van der Waals surface area contributed by atoms with E-state index < -0.39 is 66.8 Å². The maximum absolute atomic E-state index is 12.9. The number of ether oxygens (including phenoxy) is 3. The van der Waals surface area contributed by atoms with Crippen LogP contribution in [-0.2, 0) is 14.2 Å². The lowest BCUT2D eigenvalue weighted by atomic mass is 9.96. The Hall–Kier alpha value is -2.97. The first-order valence-corrected chi connectivity index (χ1v) is 12.7. The molecule has 2 aromatic rings. The minimum atomic E-state index is -1.71. The highest BCUT2D eigenvalue weighted by atomic mass is 16.7. The monoisotopic (exact) mass is 552 g/mol. The number of Topliss-reactive ketones (excluding diaryl/α,β-unsaturated/α-hetero) is 1. The van der Waals surface area contributed by atoms with Crippen molar-refractivity contribution in [1.82, 2.24) is 0 Å². The zero-order valence-electron chi connectivity index (χ0n) is 21.5. The van der Waals surface area contributed by atoms with Crippen LogP contribution in [0.3, 0.4) is 0 Å². The van der Waals surface area contributed by atoms with Crippen molar-refractivity contribution in [2.24, 2.45) is 0 Å². The van der Waals surface area contributed by atoms with Gasteiger partial charge in [0, 0.05) is 18.6 Å². The zero-order valence-corrected chi connectivity index (χ0v) is 21.5. The second-order valence-corrected chi connectivity index (χ2v) is 9.43. The van der Waals surface area contributed by atoms with Crippen molar-refractivity contribution < 1.29 is 59.9 Å². The molecule has 3 rings (SSSR count). The van der Waals surface area contributed by atoms with Crippen molar-refractivity contribution in [2.45, 2.75) is 75.5 Å². The first-order chi connectivity index (χ1) is 18.6. The molecule has 7 atom stereocenters. The molecule has 0 saturated carbocycles. The van der Waals surface area contributed by atoms with Crippen LogP contribution < -0.4 is 0 Å². The van der Waals surface area contributed by atoms with Crippen molar-refractivity contribution in [3.8, 4) is 23.0 Å². The minimum Gasteiger partial charge on any atom is -0.504 e. The molecule has 1 fully saturated rings. The van der Waals surface area contributed by atoms with E-state index in [0.29, 0.717) is 12.0 Å². The van der Waals surface area contributed by atoms with Crippen LogP contribution in [0, 0.1) is 0 Å². The van der Waals surface area contributed by atoms with E-state index in [1.807, 2.05) is 6.92 Å². The molecule has 0 spiro atoms. The third kappa shape index (κ3) is 7.57. The number of benzene rings is 2. The fourth-order valence-corrected chi connectivity index (χ4v) is 4.25. The molecule has 12 nitrogen and oxygen atoms in total. The summed E-state index contributed by atoms with van der Waals surface area (Å²) in [7, 11) is 0. The first kappa shape index (κ1) is 30.6. The van der Waals surface area contributed by atoms with Gasteiger partial charge in [0.2, 0.25) is 0 Å². The van der Waals surface area contributed by atoms with Gasteiger partial charge in [0.05, 0.1) is 12.7 Å². The molecular weight excluding hydrogens is 516 g/mol. The van der Waals surface area contributed by atoms with Crippen LogP contribution in [0.4, 0.5) is 0 Å². The van der Waals surface area contributed by atoms with Crippen LogP contribution >= 0.6 is 0 Å². The fourth-order valence-electron chi connectivity index (χ4n) is 4.25. The Morgan fingerprint density at radius 3 is 2.21 bits per heavy atom. The summed E-state index contributed by atoms with van der Waals surface area (Å²) in [6.07, 6.45) is -8.46. The number of aliphatic hydroxyl groups excluding tert-OH is 4. The third-order valence-corrected chi connectivity index (χ3v) is 6.57. The summed E-state index contributed by atoms with van der Waals surface area (Å²) in [5.41, 5.74) is 0.508. The molecule has 0 aromatic heterocycles. The normalized spacial score (nSPS) is 24.8. The molecule has 0 aliphatic carbocycles. The summed E-state index contributed by atoms with van der Waals surface area (Å²) in [6, 6.07) is 7.68. The van der Waals surface area contributed by atoms with E-state index in [4.69, 9.17) is 14.2 Å². The van der Waals surface area contributed by atoms with Crippen LogP contribution in [-0.4, -0.2) is 96.7 Å². The van der Waals surface area contributed by atoms with Crippen molar-refractivity contribution in [3.05, 3.63) is 47.5 Å². The van der Waals surface area contributed by atoms with Crippen LogP contribution in [0.2, 0.25) is 0 Å². The lowest BCUT2D eigenvalue weighted by Crippen LogP contribution is -2.60. The highest BCUT2D eigenvalue weighted by molar-refractivity contribution is 5.96. The van der Waals surface area contributed by atoms with Gasteiger partial charge < -0.3 is 55.1 Å². The predicted octanol–water partition coefficient (Wildman–Crippen LogP) is 1.21. The molecule has 0 bridgehead atoms. The number of carbonyl (C=O) groups is 1. The van der Waals surface area contributed by atoms with Crippen LogP contribution in [0.15, 0.2) is 36.4 Å². The van der Waals surface area contributed by atoms with Gasteiger partial charge in [0.1, 0.15) is 30.5 Å². The van der Waals surface area contributed by atoms with E-state index in [1.165, 1.54) is 30.3 Å². The molecule has 1 aliphatic heterocycles. The zero-order chi connectivity index (χ0) is 28.7. The summed E-state index contributed by atoms with van der Waals surface area (Å²) in [5.74, 6) is -2.03. The Bertz CT molecular complexity index is 1090. The standard InChI is InChI=1S/C27H36O12/c1-2-3-10-37-26(15-5-7-18(31)20(33)12-15)21(9-8-16(29)14-4-6-17(30)19(32)11-14)38-27-25(36)24(35)23(34)22(13-28)39-27/h4-7,11-12,21-28,30-36H,2-3,8-10,13H2,1H3/t21-,22-,23-,24+,25-,26+,27-/m1/s1. The Labute approximate surface area is 225 Å². The number of aliphatic hydroxyl groups is 4. The molecule has 0 unspecified atom stereocenters. The van der Waals surface area contributed by atoms with Gasteiger partial charge in [-0.3, -0.25) is 4.79 Å². The highest BCUT2D eigenvalue weighted by Crippen LogP contribution is 2.35. The van der Waals surface area contributed by atoms with Gasteiger partial charge in [0.15, 0.2) is 35.1 Å².